The Morgan fingerprint density at radius 2 is 2.00 bits per heavy atom. The van der Waals surface area contributed by atoms with Crippen molar-refractivity contribution in [1.29, 1.82) is 0 Å². The van der Waals surface area contributed by atoms with Gasteiger partial charge in [0.25, 0.3) is 5.91 Å². The summed E-state index contributed by atoms with van der Waals surface area (Å²) in [6.07, 6.45) is 6.06. The monoisotopic (exact) mass is 221 g/mol. The average Bonchev–Trinajstić information content (AvgIpc) is 2.54. The molecular formula is C14H23NO. The molecule has 0 aromatic carbocycles. The summed E-state index contributed by atoms with van der Waals surface area (Å²) in [5, 5.41) is 0. The van der Waals surface area contributed by atoms with Gasteiger partial charge in [-0.1, -0.05) is 39.7 Å². The van der Waals surface area contributed by atoms with Crippen LogP contribution in [0.25, 0.3) is 0 Å². The smallest absolute Gasteiger partial charge is 0.257 e. The second kappa shape index (κ2) is 4.86. The minimum atomic E-state index is 0.0656. The SMILES string of the molecule is CCCCN1C=C/C(=C(\C)C(C)(C)C)C1=O. The maximum absolute atomic E-state index is 12.1. The van der Waals surface area contributed by atoms with Gasteiger partial charge in [0.2, 0.25) is 0 Å². The average molecular weight is 221 g/mol. The van der Waals surface area contributed by atoms with E-state index in [0.717, 1.165) is 25.0 Å². The molecule has 90 valence electrons. The minimum Gasteiger partial charge on any atom is -0.315 e. The number of unbranched alkanes of at least 4 members (excludes halogenated alkanes) is 1. The Morgan fingerprint density at radius 3 is 2.50 bits per heavy atom. The Morgan fingerprint density at radius 1 is 1.38 bits per heavy atom. The fourth-order valence-corrected chi connectivity index (χ4v) is 1.65. The van der Waals surface area contributed by atoms with E-state index >= 15 is 0 Å². The molecule has 0 N–H and O–H groups in total. The third-order valence-corrected chi connectivity index (χ3v) is 3.19. The molecular weight excluding hydrogens is 198 g/mol. The van der Waals surface area contributed by atoms with Crippen LogP contribution in [0.3, 0.4) is 0 Å². The maximum atomic E-state index is 12.1. The Balaban J connectivity index is 2.83. The first-order chi connectivity index (χ1) is 7.38. The number of allylic oxidation sites excluding steroid dienone is 1. The van der Waals surface area contributed by atoms with Crippen molar-refractivity contribution < 1.29 is 4.79 Å². The van der Waals surface area contributed by atoms with Crippen LogP contribution in [0.2, 0.25) is 0 Å². The van der Waals surface area contributed by atoms with Crippen molar-refractivity contribution in [2.45, 2.75) is 47.5 Å². The molecule has 1 aliphatic rings. The lowest BCUT2D eigenvalue weighted by atomic mass is 9.84. The van der Waals surface area contributed by atoms with Crippen molar-refractivity contribution in [3.63, 3.8) is 0 Å². The topological polar surface area (TPSA) is 20.3 Å². The molecule has 2 nitrogen and oxygen atoms in total. The number of carbonyl (C=O) groups is 1. The summed E-state index contributed by atoms with van der Waals surface area (Å²) in [6, 6.07) is 0. The Bertz CT molecular complexity index is 331. The number of hydrogen-bond donors (Lipinski definition) is 0. The van der Waals surface area contributed by atoms with Crippen molar-refractivity contribution in [2.75, 3.05) is 6.54 Å². The van der Waals surface area contributed by atoms with Gasteiger partial charge in [0.1, 0.15) is 0 Å². The van der Waals surface area contributed by atoms with E-state index in [0.29, 0.717) is 0 Å². The van der Waals surface area contributed by atoms with E-state index in [1.54, 1.807) is 0 Å². The molecule has 1 rings (SSSR count). The molecule has 0 unspecified atom stereocenters. The van der Waals surface area contributed by atoms with Crippen LogP contribution in [0.4, 0.5) is 0 Å². The molecule has 16 heavy (non-hydrogen) atoms. The first-order valence-corrected chi connectivity index (χ1v) is 6.08. The molecule has 0 atom stereocenters. The van der Waals surface area contributed by atoms with Crippen molar-refractivity contribution in [3.8, 4) is 0 Å². The van der Waals surface area contributed by atoms with Crippen LogP contribution in [0.15, 0.2) is 23.4 Å². The molecule has 0 fully saturated rings. The van der Waals surface area contributed by atoms with E-state index in [2.05, 4.69) is 34.6 Å². The highest BCUT2D eigenvalue weighted by molar-refractivity contribution is 6.00. The number of hydrogen-bond acceptors (Lipinski definition) is 1. The highest BCUT2D eigenvalue weighted by atomic mass is 16.2. The Labute approximate surface area is 99.0 Å². The number of amides is 1. The summed E-state index contributed by atoms with van der Waals surface area (Å²) in [7, 11) is 0. The molecule has 0 aromatic rings. The third kappa shape index (κ3) is 2.75. The highest BCUT2D eigenvalue weighted by Crippen LogP contribution is 2.30. The van der Waals surface area contributed by atoms with E-state index in [4.69, 9.17) is 0 Å². The zero-order chi connectivity index (χ0) is 12.3. The van der Waals surface area contributed by atoms with Crippen molar-refractivity contribution >= 4 is 5.91 Å². The van der Waals surface area contributed by atoms with Crippen LogP contribution >= 0.6 is 0 Å². The Hall–Kier alpha value is -1.05. The van der Waals surface area contributed by atoms with Gasteiger partial charge in [0.15, 0.2) is 0 Å². The normalized spacial score (nSPS) is 19.6. The molecule has 1 aliphatic heterocycles. The first kappa shape index (κ1) is 13.0. The molecule has 0 radical (unpaired) electrons. The lowest BCUT2D eigenvalue weighted by molar-refractivity contribution is -0.123. The summed E-state index contributed by atoms with van der Waals surface area (Å²) < 4.78 is 0. The Kier molecular flexibility index (Phi) is 3.95. The van der Waals surface area contributed by atoms with Gasteiger partial charge in [-0.05, 0) is 24.8 Å². The summed E-state index contributed by atoms with van der Waals surface area (Å²) in [5.74, 6) is 0.167. The standard InChI is InChI=1S/C14H23NO/c1-6-7-9-15-10-8-12(13(15)16)11(2)14(3,4)5/h8,10H,6-7,9H2,1-5H3/b12-11-. The summed E-state index contributed by atoms with van der Waals surface area (Å²) >= 11 is 0. The lowest BCUT2D eigenvalue weighted by Crippen LogP contribution is -2.24. The molecule has 0 spiro atoms. The zero-order valence-electron chi connectivity index (χ0n) is 11.1. The van der Waals surface area contributed by atoms with Crippen LogP contribution in [0, 0.1) is 5.41 Å². The molecule has 0 saturated carbocycles. The molecule has 0 saturated heterocycles. The second-order valence-electron chi connectivity index (χ2n) is 5.46. The van der Waals surface area contributed by atoms with Gasteiger partial charge in [-0.25, -0.2) is 0 Å². The molecule has 1 heterocycles. The van der Waals surface area contributed by atoms with Gasteiger partial charge in [0, 0.05) is 18.3 Å². The summed E-state index contributed by atoms with van der Waals surface area (Å²) in [5.41, 5.74) is 2.12. The van der Waals surface area contributed by atoms with Crippen LogP contribution in [-0.2, 0) is 4.79 Å². The van der Waals surface area contributed by atoms with Gasteiger partial charge >= 0.3 is 0 Å². The van der Waals surface area contributed by atoms with Crippen LogP contribution in [-0.4, -0.2) is 17.4 Å². The van der Waals surface area contributed by atoms with Gasteiger partial charge < -0.3 is 4.90 Å². The van der Waals surface area contributed by atoms with Gasteiger partial charge in [-0.2, -0.15) is 0 Å². The number of carbonyl (C=O) groups excluding carboxylic acids is 1. The van der Waals surface area contributed by atoms with E-state index in [1.807, 2.05) is 17.2 Å². The van der Waals surface area contributed by atoms with E-state index < -0.39 is 0 Å². The van der Waals surface area contributed by atoms with Gasteiger partial charge in [0.05, 0.1) is 0 Å². The van der Waals surface area contributed by atoms with Crippen LogP contribution in [0.1, 0.15) is 47.5 Å². The third-order valence-electron chi connectivity index (χ3n) is 3.19. The second-order valence-corrected chi connectivity index (χ2v) is 5.46. The predicted octanol–water partition coefficient (Wildman–Crippen LogP) is 3.51. The van der Waals surface area contributed by atoms with Crippen molar-refractivity contribution in [2.24, 2.45) is 5.41 Å². The van der Waals surface area contributed by atoms with Crippen molar-refractivity contribution in [1.82, 2.24) is 4.90 Å². The molecule has 0 aromatic heterocycles. The predicted molar refractivity (Wildman–Crippen MR) is 67.9 cm³/mol. The van der Waals surface area contributed by atoms with Crippen LogP contribution in [0.5, 0.6) is 0 Å². The number of nitrogens with zero attached hydrogens (tertiary/aromatic N) is 1. The largest absolute Gasteiger partial charge is 0.315 e. The zero-order valence-corrected chi connectivity index (χ0v) is 11.1. The van der Waals surface area contributed by atoms with E-state index in [1.165, 1.54) is 5.57 Å². The molecule has 0 bridgehead atoms. The van der Waals surface area contributed by atoms with E-state index in [-0.39, 0.29) is 11.3 Å². The molecule has 0 aliphatic carbocycles. The summed E-state index contributed by atoms with van der Waals surface area (Å²) in [4.78, 5) is 13.9. The number of rotatable bonds is 3. The lowest BCUT2D eigenvalue weighted by Gasteiger charge is -2.22. The molecule has 2 heteroatoms. The van der Waals surface area contributed by atoms with Gasteiger partial charge in [-0.3, -0.25) is 4.79 Å². The highest BCUT2D eigenvalue weighted by Gasteiger charge is 2.26. The van der Waals surface area contributed by atoms with E-state index in [9.17, 15) is 4.79 Å². The molecule has 1 amide bonds. The fourth-order valence-electron chi connectivity index (χ4n) is 1.65. The van der Waals surface area contributed by atoms with Crippen LogP contribution < -0.4 is 0 Å². The fraction of sp³-hybridized carbons (Fsp3) is 0.643. The van der Waals surface area contributed by atoms with Gasteiger partial charge in [-0.15, -0.1) is 0 Å². The van der Waals surface area contributed by atoms with Crippen molar-refractivity contribution in [3.05, 3.63) is 23.4 Å². The summed E-state index contributed by atoms with van der Waals surface area (Å²) in [6.45, 7) is 11.5. The minimum absolute atomic E-state index is 0.0656. The quantitative estimate of drug-likeness (QED) is 0.668. The maximum Gasteiger partial charge on any atom is 0.257 e. The first-order valence-electron chi connectivity index (χ1n) is 6.08.